The number of methoxy groups -OCH3 is 1. The standard InChI is InChI=1S/C13H18FNO2/c1-3-15-12(9-13(16)17-2)8-10-4-6-11(14)7-5-10/h4-7,12,15H,3,8-9H2,1-2H3. The van der Waals surface area contributed by atoms with Gasteiger partial charge in [0.05, 0.1) is 13.5 Å². The van der Waals surface area contributed by atoms with Crippen LogP contribution in [-0.2, 0) is 16.0 Å². The van der Waals surface area contributed by atoms with Crippen LogP contribution in [0.1, 0.15) is 18.9 Å². The van der Waals surface area contributed by atoms with Crippen LogP contribution in [0.5, 0.6) is 0 Å². The van der Waals surface area contributed by atoms with Crippen LogP contribution in [0.4, 0.5) is 4.39 Å². The Labute approximate surface area is 101 Å². The second-order valence-electron chi connectivity index (χ2n) is 3.87. The molecule has 0 aliphatic carbocycles. The lowest BCUT2D eigenvalue weighted by Gasteiger charge is -2.16. The molecule has 1 N–H and O–H groups in total. The van der Waals surface area contributed by atoms with Crippen molar-refractivity contribution in [3.63, 3.8) is 0 Å². The van der Waals surface area contributed by atoms with Crippen molar-refractivity contribution in [1.29, 1.82) is 0 Å². The molecule has 17 heavy (non-hydrogen) atoms. The Hall–Kier alpha value is -1.42. The minimum atomic E-state index is -0.248. The van der Waals surface area contributed by atoms with Crippen molar-refractivity contribution in [2.75, 3.05) is 13.7 Å². The zero-order chi connectivity index (χ0) is 12.7. The highest BCUT2D eigenvalue weighted by Gasteiger charge is 2.13. The highest BCUT2D eigenvalue weighted by atomic mass is 19.1. The monoisotopic (exact) mass is 239 g/mol. The number of rotatable bonds is 6. The van der Waals surface area contributed by atoms with Crippen molar-refractivity contribution in [3.8, 4) is 0 Å². The van der Waals surface area contributed by atoms with E-state index in [-0.39, 0.29) is 17.8 Å². The topological polar surface area (TPSA) is 38.3 Å². The number of likely N-dealkylation sites (N-methyl/N-ethyl adjacent to an activating group) is 1. The van der Waals surface area contributed by atoms with Crippen molar-refractivity contribution in [2.24, 2.45) is 0 Å². The molecule has 1 unspecified atom stereocenters. The number of halogens is 1. The van der Waals surface area contributed by atoms with E-state index in [0.29, 0.717) is 12.8 Å². The zero-order valence-electron chi connectivity index (χ0n) is 10.2. The van der Waals surface area contributed by atoms with E-state index in [9.17, 15) is 9.18 Å². The number of esters is 1. The summed E-state index contributed by atoms with van der Waals surface area (Å²) in [5.74, 6) is -0.486. The van der Waals surface area contributed by atoms with Crippen molar-refractivity contribution >= 4 is 5.97 Å². The number of hydrogen-bond acceptors (Lipinski definition) is 3. The van der Waals surface area contributed by atoms with Crippen molar-refractivity contribution < 1.29 is 13.9 Å². The van der Waals surface area contributed by atoms with E-state index in [0.717, 1.165) is 12.1 Å². The average Bonchev–Trinajstić information content (AvgIpc) is 2.32. The Balaban J connectivity index is 2.59. The van der Waals surface area contributed by atoms with Gasteiger partial charge in [0.1, 0.15) is 5.82 Å². The molecule has 4 heteroatoms. The quantitative estimate of drug-likeness (QED) is 0.771. The predicted octanol–water partition coefficient (Wildman–Crippen LogP) is 1.91. The lowest BCUT2D eigenvalue weighted by atomic mass is 10.0. The van der Waals surface area contributed by atoms with E-state index in [1.807, 2.05) is 6.92 Å². The maximum absolute atomic E-state index is 12.7. The van der Waals surface area contributed by atoms with Gasteiger partial charge in [-0.25, -0.2) is 4.39 Å². The third-order valence-electron chi connectivity index (χ3n) is 2.53. The molecule has 1 aromatic rings. The summed E-state index contributed by atoms with van der Waals surface area (Å²) in [5, 5.41) is 3.22. The maximum Gasteiger partial charge on any atom is 0.307 e. The fraction of sp³-hybridized carbons (Fsp3) is 0.462. The van der Waals surface area contributed by atoms with Crippen LogP contribution in [0.2, 0.25) is 0 Å². The molecule has 0 aliphatic heterocycles. The third kappa shape index (κ3) is 4.95. The van der Waals surface area contributed by atoms with Gasteiger partial charge in [0, 0.05) is 6.04 Å². The van der Waals surface area contributed by atoms with Gasteiger partial charge < -0.3 is 10.1 Å². The first-order valence-corrected chi connectivity index (χ1v) is 5.70. The lowest BCUT2D eigenvalue weighted by molar-refractivity contribution is -0.141. The van der Waals surface area contributed by atoms with Gasteiger partial charge >= 0.3 is 5.97 Å². The van der Waals surface area contributed by atoms with E-state index in [1.165, 1.54) is 19.2 Å². The molecule has 0 bridgehead atoms. The number of nitrogens with one attached hydrogen (secondary N) is 1. The SMILES string of the molecule is CCNC(CC(=O)OC)Cc1ccc(F)cc1. The van der Waals surface area contributed by atoms with Crippen LogP contribution in [0.3, 0.4) is 0 Å². The molecule has 94 valence electrons. The molecule has 0 heterocycles. The summed E-state index contributed by atoms with van der Waals surface area (Å²) in [4.78, 5) is 11.2. The number of benzene rings is 1. The Morgan fingerprint density at radius 1 is 1.41 bits per heavy atom. The van der Waals surface area contributed by atoms with Crippen LogP contribution in [0, 0.1) is 5.82 Å². The zero-order valence-corrected chi connectivity index (χ0v) is 10.2. The Morgan fingerprint density at radius 3 is 2.59 bits per heavy atom. The number of carbonyl (C=O) groups excluding carboxylic acids is 1. The van der Waals surface area contributed by atoms with Crippen LogP contribution < -0.4 is 5.32 Å². The van der Waals surface area contributed by atoms with Gasteiger partial charge in [-0.1, -0.05) is 19.1 Å². The molecule has 0 amide bonds. The first kappa shape index (κ1) is 13.6. The maximum atomic E-state index is 12.7. The number of ether oxygens (including phenoxy) is 1. The van der Waals surface area contributed by atoms with Gasteiger partial charge in [0.25, 0.3) is 0 Å². The van der Waals surface area contributed by atoms with E-state index in [1.54, 1.807) is 12.1 Å². The van der Waals surface area contributed by atoms with Crippen LogP contribution >= 0.6 is 0 Å². The molecule has 0 aromatic heterocycles. The van der Waals surface area contributed by atoms with Gasteiger partial charge in [0.15, 0.2) is 0 Å². The summed E-state index contributed by atoms with van der Waals surface area (Å²) in [6, 6.07) is 6.35. The van der Waals surface area contributed by atoms with Gasteiger partial charge in [0.2, 0.25) is 0 Å². The van der Waals surface area contributed by atoms with E-state index < -0.39 is 0 Å². The fourth-order valence-electron chi connectivity index (χ4n) is 1.69. The predicted molar refractivity (Wildman–Crippen MR) is 64.2 cm³/mol. The van der Waals surface area contributed by atoms with E-state index >= 15 is 0 Å². The van der Waals surface area contributed by atoms with Gasteiger partial charge in [-0.2, -0.15) is 0 Å². The molecule has 0 saturated heterocycles. The summed E-state index contributed by atoms with van der Waals surface area (Å²) < 4.78 is 17.4. The minimum absolute atomic E-state index is 0.0258. The second kappa shape index (κ2) is 7.01. The smallest absolute Gasteiger partial charge is 0.307 e. The van der Waals surface area contributed by atoms with Crippen molar-refractivity contribution in [3.05, 3.63) is 35.6 Å². The first-order chi connectivity index (χ1) is 8.15. The third-order valence-corrected chi connectivity index (χ3v) is 2.53. The highest BCUT2D eigenvalue weighted by Crippen LogP contribution is 2.08. The average molecular weight is 239 g/mol. The first-order valence-electron chi connectivity index (χ1n) is 5.70. The summed E-state index contributed by atoms with van der Waals surface area (Å²) >= 11 is 0. The molecule has 1 aromatic carbocycles. The molecule has 1 atom stereocenters. The summed E-state index contributed by atoms with van der Waals surface area (Å²) in [6.45, 7) is 2.76. The molecule has 0 saturated carbocycles. The number of hydrogen-bond donors (Lipinski definition) is 1. The molecule has 0 radical (unpaired) electrons. The highest BCUT2D eigenvalue weighted by molar-refractivity contribution is 5.69. The molecular formula is C13H18FNO2. The fourth-order valence-corrected chi connectivity index (χ4v) is 1.69. The van der Waals surface area contributed by atoms with Crippen LogP contribution in [0.25, 0.3) is 0 Å². The van der Waals surface area contributed by atoms with Gasteiger partial charge in [-0.3, -0.25) is 4.79 Å². The largest absolute Gasteiger partial charge is 0.469 e. The van der Waals surface area contributed by atoms with Gasteiger partial charge in [-0.05, 0) is 30.7 Å². The Kier molecular flexibility index (Phi) is 5.63. The van der Waals surface area contributed by atoms with Crippen LogP contribution in [0.15, 0.2) is 24.3 Å². The molecule has 3 nitrogen and oxygen atoms in total. The van der Waals surface area contributed by atoms with Crippen LogP contribution in [-0.4, -0.2) is 25.7 Å². The van der Waals surface area contributed by atoms with Crippen molar-refractivity contribution in [2.45, 2.75) is 25.8 Å². The molecule has 0 spiro atoms. The lowest BCUT2D eigenvalue weighted by Crippen LogP contribution is -2.33. The normalized spacial score (nSPS) is 12.2. The molecular weight excluding hydrogens is 221 g/mol. The van der Waals surface area contributed by atoms with Gasteiger partial charge in [-0.15, -0.1) is 0 Å². The van der Waals surface area contributed by atoms with Crippen molar-refractivity contribution in [1.82, 2.24) is 5.32 Å². The summed E-state index contributed by atoms with van der Waals surface area (Å²) in [6.07, 6.45) is 1.00. The Bertz CT molecular complexity index is 351. The molecule has 1 rings (SSSR count). The summed E-state index contributed by atoms with van der Waals surface area (Å²) in [5.41, 5.74) is 1.00. The second-order valence-corrected chi connectivity index (χ2v) is 3.87. The molecule has 0 aliphatic rings. The summed E-state index contributed by atoms with van der Waals surface area (Å²) in [7, 11) is 1.38. The van der Waals surface area contributed by atoms with E-state index in [4.69, 9.17) is 0 Å². The Morgan fingerprint density at radius 2 is 2.06 bits per heavy atom. The minimum Gasteiger partial charge on any atom is -0.469 e. The molecule has 0 fully saturated rings. The van der Waals surface area contributed by atoms with E-state index in [2.05, 4.69) is 10.1 Å². The number of carbonyl (C=O) groups is 1.